The molecule has 1 fully saturated rings. The topological polar surface area (TPSA) is 75.7 Å². The van der Waals surface area contributed by atoms with Crippen LogP contribution in [0.25, 0.3) is 27.9 Å². The van der Waals surface area contributed by atoms with Crippen LogP contribution in [-0.4, -0.2) is 40.0 Å². The third-order valence-corrected chi connectivity index (χ3v) is 5.46. The predicted molar refractivity (Wildman–Crippen MR) is 114 cm³/mol. The van der Waals surface area contributed by atoms with Gasteiger partial charge < -0.3 is 19.0 Å². The van der Waals surface area contributed by atoms with Crippen LogP contribution in [0.1, 0.15) is 18.3 Å². The number of fused-ring (bicyclic) bond motifs is 2. The van der Waals surface area contributed by atoms with Gasteiger partial charge in [0, 0.05) is 55.2 Å². The predicted octanol–water partition coefficient (Wildman–Crippen LogP) is 2.92. The molecule has 0 spiro atoms. The van der Waals surface area contributed by atoms with Crippen LogP contribution < -0.4 is 15.8 Å². The van der Waals surface area contributed by atoms with Crippen LogP contribution in [0.5, 0.6) is 0 Å². The lowest BCUT2D eigenvalue weighted by atomic mass is 10.1. The van der Waals surface area contributed by atoms with Crippen LogP contribution >= 0.6 is 0 Å². The maximum Gasteiger partial charge on any atom is 0.345 e. The molecule has 148 valence electrons. The fourth-order valence-corrected chi connectivity index (χ4v) is 4.08. The maximum absolute atomic E-state index is 12.7. The highest BCUT2D eigenvalue weighted by atomic mass is 16.4. The van der Waals surface area contributed by atoms with E-state index in [0.717, 1.165) is 47.7 Å². The zero-order valence-electron chi connectivity index (χ0n) is 16.8. The molecule has 1 N–H and O–H groups in total. The van der Waals surface area contributed by atoms with Crippen LogP contribution in [-0.2, 0) is 0 Å². The molecule has 0 aliphatic carbocycles. The van der Waals surface area contributed by atoms with E-state index in [4.69, 9.17) is 4.42 Å². The molecule has 3 aromatic heterocycles. The number of benzene rings is 1. The van der Waals surface area contributed by atoms with Crippen molar-refractivity contribution in [2.75, 3.05) is 24.5 Å². The first-order valence-corrected chi connectivity index (χ1v) is 9.87. The molecule has 0 bridgehead atoms. The van der Waals surface area contributed by atoms with E-state index in [0.29, 0.717) is 22.9 Å². The minimum atomic E-state index is -0.380. The van der Waals surface area contributed by atoms with Crippen molar-refractivity contribution >= 4 is 22.3 Å². The minimum absolute atomic E-state index is 0.380. The maximum atomic E-state index is 12.7. The van der Waals surface area contributed by atoms with E-state index >= 15 is 0 Å². The van der Waals surface area contributed by atoms with Gasteiger partial charge in [-0.2, -0.15) is 0 Å². The summed E-state index contributed by atoms with van der Waals surface area (Å²) < 4.78 is 7.60. The van der Waals surface area contributed by atoms with Gasteiger partial charge in [0.25, 0.3) is 0 Å². The van der Waals surface area contributed by atoms with Gasteiger partial charge in [0.2, 0.25) is 0 Å². The Morgan fingerprint density at radius 1 is 1.17 bits per heavy atom. The first kappa shape index (κ1) is 17.9. The van der Waals surface area contributed by atoms with Crippen LogP contribution in [0.4, 0.5) is 5.69 Å². The third kappa shape index (κ3) is 3.17. The number of nitrogens with zero attached hydrogens (tertiary/aromatic N) is 4. The number of aryl methyl sites for hydroxylation is 2. The van der Waals surface area contributed by atoms with Crippen molar-refractivity contribution in [3.63, 3.8) is 0 Å². The first-order valence-electron chi connectivity index (χ1n) is 9.87. The summed E-state index contributed by atoms with van der Waals surface area (Å²) in [5.74, 6) is 0. The van der Waals surface area contributed by atoms with Crippen molar-refractivity contribution in [2.24, 2.45) is 0 Å². The zero-order chi connectivity index (χ0) is 20.1. The number of rotatable bonds is 2. The molecule has 29 heavy (non-hydrogen) atoms. The summed E-state index contributed by atoms with van der Waals surface area (Å²) in [7, 11) is 0. The number of hydrogen-bond acceptors (Lipinski definition) is 6. The fourth-order valence-electron chi connectivity index (χ4n) is 4.08. The molecular weight excluding hydrogens is 366 g/mol. The zero-order valence-corrected chi connectivity index (χ0v) is 16.8. The molecular formula is C22H23N5O2. The highest BCUT2D eigenvalue weighted by Crippen LogP contribution is 2.26. The van der Waals surface area contributed by atoms with Gasteiger partial charge in [-0.1, -0.05) is 0 Å². The summed E-state index contributed by atoms with van der Waals surface area (Å²) in [6.45, 7) is 8.85. The van der Waals surface area contributed by atoms with Crippen LogP contribution in [0, 0.1) is 13.8 Å². The van der Waals surface area contributed by atoms with E-state index in [9.17, 15) is 4.79 Å². The molecule has 1 aromatic carbocycles. The Bertz CT molecular complexity index is 1290. The standard InChI is InChI=1S/C22H23N5O2/c1-13-10-26(7-6-23-13)17-5-4-16-8-18(22(28)29-20(16)9-17)19-12-27-11-14(2)24-15(3)21(27)25-19/h4-5,8-9,11-13,23H,6-7,10H2,1-3H3. The lowest BCUT2D eigenvalue weighted by Crippen LogP contribution is -2.49. The van der Waals surface area contributed by atoms with Gasteiger partial charge in [0.15, 0.2) is 5.65 Å². The fraction of sp³-hybridized carbons (Fsp3) is 0.318. The molecule has 0 amide bonds. The van der Waals surface area contributed by atoms with E-state index in [1.165, 1.54) is 0 Å². The number of hydrogen-bond donors (Lipinski definition) is 1. The van der Waals surface area contributed by atoms with Gasteiger partial charge in [-0.15, -0.1) is 0 Å². The second-order valence-electron chi connectivity index (χ2n) is 7.80. The second kappa shape index (κ2) is 6.70. The molecule has 0 radical (unpaired) electrons. The summed E-state index contributed by atoms with van der Waals surface area (Å²) in [6.07, 6.45) is 3.76. The second-order valence-corrected chi connectivity index (χ2v) is 7.80. The Morgan fingerprint density at radius 2 is 2.03 bits per heavy atom. The van der Waals surface area contributed by atoms with Crippen molar-refractivity contribution in [3.05, 3.63) is 58.5 Å². The van der Waals surface area contributed by atoms with E-state index in [2.05, 4.69) is 33.2 Å². The molecule has 7 heteroatoms. The largest absolute Gasteiger partial charge is 0.422 e. The molecule has 4 heterocycles. The van der Waals surface area contributed by atoms with E-state index in [-0.39, 0.29) is 5.63 Å². The molecule has 1 saturated heterocycles. The lowest BCUT2D eigenvalue weighted by molar-refractivity contribution is 0.484. The van der Waals surface area contributed by atoms with Crippen molar-refractivity contribution in [1.82, 2.24) is 19.7 Å². The summed E-state index contributed by atoms with van der Waals surface area (Å²) in [5.41, 5.74) is 4.82. The van der Waals surface area contributed by atoms with Crippen LogP contribution in [0.3, 0.4) is 0 Å². The van der Waals surface area contributed by atoms with Gasteiger partial charge in [-0.3, -0.25) is 4.98 Å². The quantitative estimate of drug-likeness (QED) is 0.531. The van der Waals surface area contributed by atoms with Gasteiger partial charge in [0.1, 0.15) is 5.58 Å². The smallest absolute Gasteiger partial charge is 0.345 e. The third-order valence-electron chi connectivity index (χ3n) is 5.46. The van der Waals surface area contributed by atoms with Gasteiger partial charge in [0.05, 0.1) is 22.6 Å². The summed E-state index contributed by atoms with van der Waals surface area (Å²) in [5, 5.41) is 4.33. The van der Waals surface area contributed by atoms with E-state index in [1.54, 1.807) is 0 Å². The average Bonchev–Trinajstić information content (AvgIpc) is 3.11. The highest BCUT2D eigenvalue weighted by molar-refractivity contribution is 5.84. The number of imidazole rings is 1. The number of piperazine rings is 1. The molecule has 1 atom stereocenters. The SMILES string of the molecule is Cc1cn2cc(-c3cc4ccc(N5CCNC(C)C5)cc4oc3=O)nc2c(C)n1. The van der Waals surface area contributed by atoms with Crippen molar-refractivity contribution in [3.8, 4) is 11.3 Å². The molecule has 0 saturated carbocycles. The van der Waals surface area contributed by atoms with E-state index < -0.39 is 0 Å². The van der Waals surface area contributed by atoms with Gasteiger partial charge in [-0.05, 0) is 39.0 Å². The monoisotopic (exact) mass is 389 g/mol. The molecule has 7 nitrogen and oxygen atoms in total. The van der Waals surface area contributed by atoms with Crippen molar-refractivity contribution in [2.45, 2.75) is 26.8 Å². The highest BCUT2D eigenvalue weighted by Gasteiger charge is 2.18. The Balaban J connectivity index is 1.58. The summed E-state index contributed by atoms with van der Waals surface area (Å²) in [6, 6.07) is 8.36. The molecule has 1 unspecified atom stereocenters. The molecule has 1 aliphatic rings. The Hall–Kier alpha value is -3.19. The molecule has 4 aromatic rings. The van der Waals surface area contributed by atoms with Gasteiger partial charge in [-0.25, -0.2) is 9.78 Å². The van der Waals surface area contributed by atoms with Crippen molar-refractivity contribution in [1.29, 1.82) is 0 Å². The number of nitrogens with one attached hydrogen (secondary N) is 1. The Labute approximate surface area is 168 Å². The average molecular weight is 389 g/mol. The summed E-state index contributed by atoms with van der Waals surface area (Å²) >= 11 is 0. The molecule has 1 aliphatic heterocycles. The number of anilines is 1. The minimum Gasteiger partial charge on any atom is -0.422 e. The van der Waals surface area contributed by atoms with Crippen LogP contribution in [0.2, 0.25) is 0 Å². The first-order chi connectivity index (χ1) is 14.0. The molecule has 5 rings (SSSR count). The van der Waals surface area contributed by atoms with Crippen LogP contribution in [0.15, 0.2) is 45.9 Å². The normalized spacial score (nSPS) is 17.3. The number of aromatic nitrogens is 3. The van der Waals surface area contributed by atoms with Gasteiger partial charge >= 0.3 is 5.63 Å². The Morgan fingerprint density at radius 3 is 2.86 bits per heavy atom. The van der Waals surface area contributed by atoms with Crippen molar-refractivity contribution < 1.29 is 4.42 Å². The lowest BCUT2D eigenvalue weighted by Gasteiger charge is -2.33. The van der Waals surface area contributed by atoms with E-state index in [1.807, 2.05) is 48.8 Å². The Kier molecular flexibility index (Phi) is 4.13. The summed E-state index contributed by atoms with van der Waals surface area (Å²) in [4.78, 5) is 24.1.